The van der Waals surface area contributed by atoms with Crippen LogP contribution in [0.2, 0.25) is 0 Å². The predicted octanol–water partition coefficient (Wildman–Crippen LogP) is 0.503. The van der Waals surface area contributed by atoms with E-state index in [0.29, 0.717) is 0 Å². The maximum atomic E-state index is 11.6. The number of carbonyl (C=O) groups excluding carboxylic acids is 1. The highest BCUT2D eigenvalue weighted by atomic mass is 32.2. The summed E-state index contributed by atoms with van der Waals surface area (Å²) in [5.74, 6) is -0.474. The Bertz CT molecular complexity index is 493. The number of benzene rings is 1. The van der Waals surface area contributed by atoms with Gasteiger partial charge in [0.15, 0.2) is 9.84 Å². The van der Waals surface area contributed by atoms with E-state index in [2.05, 4.69) is 0 Å². The minimum absolute atomic E-state index is 0.142. The molecule has 0 fully saturated rings. The van der Waals surface area contributed by atoms with E-state index in [4.69, 9.17) is 0 Å². The molecule has 1 heterocycles. The Hall–Kier alpha value is -1.36. The topological polar surface area (TPSA) is 54.5 Å². The maximum absolute atomic E-state index is 11.6. The number of nitrogens with zero attached hydrogens (tertiary/aromatic N) is 1. The lowest BCUT2D eigenvalue weighted by molar-refractivity contribution is 0.0807. The molecule has 0 bridgehead atoms. The Morgan fingerprint density at radius 2 is 1.93 bits per heavy atom. The van der Waals surface area contributed by atoms with Crippen molar-refractivity contribution >= 4 is 15.7 Å². The normalized spacial score (nSPS) is 19.2. The van der Waals surface area contributed by atoms with Crippen molar-refractivity contribution in [3.05, 3.63) is 29.8 Å². The smallest absolute Gasteiger partial charge is 0.255 e. The van der Waals surface area contributed by atoms with Crippen LogP contribution in [0.4, 0.5) is 0 Å². The van der Waals surface area contributed by atoms with Crippen LogP contribution in [0.5, 0.6) is 0 Å². The lowest BCUT2D eigenvalue weighted by Gasteiger charge is -2.24. The van der Waals surface area contributed by atoms with Gasteiger partial charge in [-0.25, -0.2) is 8.42 Å². The first kappa shape index (κ1) is 9.21. The second-order valence-electron chi connectivity index (χ2n) is 3.24. The van der Waals surface area contributed by atoms with Crippen molar-refractivity contribution < 1.29 is 13.2 Å². The van der Waals surface area contributed by atoms with Crippen LogP contribution in [0.3, 0.4) is 0 Å². The first-order valence-electron chi connectivity index (χ1n) is 4.09. The average molecular weight is 211 g/mol. The Morgan fingerprint density at radius 1 is 1.29 bits per heavy atom. The van der Waals surface area contributed by atoms with E-state index in [1.165, 1.54) is 24.1 Å². The Kier molecular flexibility index (Phi) is 1.85. The highest BCUT2D eigenvalue weighted by molar-refractivity contribution is 7.91. The highest BCUT2D eigenvalue weighted by Crippen LogP contribution is 2.23. The van der Waals surface area contributed by atoms with Crippen molar-refractivity contribution in [1.29, 1.82) is 0 Å². The molecule has 1 aromatic rings. The molecule has 0 saturated heterocycles. The molecule has 0 aromatic heterocycles. The SMILES string of the molecule is CN1CS(=O)(=O)c2ccccc2C1=O. The number of hydrogen-bond donors (Lipinski definition) is 0. The van der Waals surface area contributed by atoms with Crippen LogP contribution in [0.25, 0.3) is 0 Å². The van der Waals surface area contributed by atoms with E-state index in [0.717, 1.165) is 0 Å². The summed E-state index contributed by atoms with van der Waals surface area (Å²) in [6.07, 6.45) is 0. The molecular weight excluding hydrogens is 202 g/mol. The fraction of sp³-hybridized carbons (Fsp3) is 0.222. The fourth-order valence-corrected chi connectivity index (χ4v) is 3.05. The molecule has 5 heteroatoms. The predicted molar refractivity (Wildman–Crippen MR) is 50.6 cm³/mol. The molecule has 0 aliphatic carbocycles. The van der Waals surface area contributed by atoms with Crippen molar-refractivity contribution in [3.8, 4) is 0 Å². The van der Waals surface area contributed by atoms with Gasteiger partial charge < -0.3 is 4.90 Å². The summed E-state index contributed by atoms with van der Waals surface area (Å²) < 4.78 is 23.3. The number of fused-ring (bicyclic) bond motifs is 1. The first-order valence-corrected chi connectivity index (χ1v) is 5.75. The summed E-state index contributed by atoms with van der Waals surface area (Å²) in [6.45, 7) is 0. The number of carbonyl (C=O) groups is 1. The number of hydrogen-bond acceptors (Lipinski definition) is 3. The Labute approximate surface area is 82.1 Å². The third kappa shape index (κ3) is 1.21. The van der Waals surface area contributed by atoms with Crippen molar-refractivity contribution in [2.45, 2.75) is 4.90 Å². The second kappa shape index (κ2) is 2.81. The van der Waals surface area contributed by atoms with E-state index < -0.39 is 9.84 Å². The number of amides is 1. The quantitative estimate of drug-likeness (QED) is 0.628. The third-order valence-corrected chi connectivity index (χ3v) is 3.92. The largest absolute Gasteiger partial charge is 0.327 e. The average Bonchev–Trinajstić information content (AvgIpc) is 2.14. The zero-order valence-electron chi connectivity index (χ0n) is 7.60. The van der Waals surface area contributed by atoms with Crippen LogP contribution >= 0.6 is 0 Å². The summed E-state index contributed by atoms with van der Waals surface area (Å²) in [7, 11) is -1.84. The lowest BCUT2D eigenvalue weighted by Crippen LogP contribution is -2.37. The van der Waals surface area contributed by atoms with Crippen LogP contribution in [-0.2, 0) is 9.84 Å². The Balaban J connectivity index is 2.74. The minimum atomic E-state index is -3.32. The molecule has 1 aliphatic heterocycles. The van der Waals surface area contributed by atoms with Crippen LogP contribution < -0.4 is 0 Å². The van der Waals surface area contributed by atoms with Gasteiger partial charge in [0, 0.05) is 7.05 Å². The van der Waals surface area contributed by atoms with Gasteiger partial charge in [-0.2, -0.15) is 0 Å². The second-order valence-corrected chi connectivity index (χ2v) is 5.17. The molecule has 74 valence electrons. The molecule has 0 unspecified atom stereocenters. The molecule has 2 rings (SSSR count). The molecule has 14 heavy (non-hydrogen) atoms. The van der Waals surface area contributed by atoms with Gasteiger partial charge in [0.1, 0.15) is 5.88 Å². The van der Waals surface area contributed by atoms with Crippen LogP contribution in [-0.4, -0.2) is 32.1 Å². The van der Waals surface area contributed by atoms with Gasteiger partial charge in [-0.3, -0.25) is 4.79 Å². The monoisotopic (exact) mass is 211 g/mol. The van der Waals surface area contributed by atoms with Crippen LogP contribution in [0, 0.1) is 0 Å². The van der Waals surface area contributed by atoms with E-state index >= 15 is 0 Å². The van der Waals surface area contributed by atoms with E-state index in [1.54, 1.807) is 12.1 Å². The van der Waals surface area contributed by atoms with Crippen LogP contribution in [0.15, 0.2) is 29.2 Å². The van der Waals surface area contributed by atoms with Gasteiger partial charge in [0.25, 0.3) is 5.91 Å². The summed E-state index contributed by atoms with van der Waals surface area (Å²) in [6, 6.07) is 6.28. The van der Waals surface area contributed by atoms with E-state index in [-0.39, 0.29) is 22.2 Å². The van der Waals surface area contributed by atoms with Gasteiger partial charge in [0.2, 0.25) is 0 Å². The van der Waals surface area contributed by atoms with Crippen molar-refractivity contribution in [1.82, 2.24) is 4.90 Å². The van der Waals surface area contributed by atoms with Crippen LogP contribution in [0.1, 0.15) is 10.4 Å². The molecule has 1 amide bonds. The van der Waals surface area contributed by atoms with Crippen molar-refractivity contribution in [3.63, 3.8) is 0 Å². The maximum Gasteiger partial charge on any atom is 0.255 e. The number of sulfone groups is 1. The zero-order chi connectivity index (χ0) is 10.3. The zero-order valence-corrected chi connectivity index (χ0v) is 8.41. The summed E-state index contributed by atoms with van der Waals surface area (Å²) in [4.78, 5) is 12.9. The standard InChI is InChI=1S/C9H9NO3S/c1-10-6-14(12,13)8-5-3-2-4-7(8)9(10)11/h2-5H,6H2,1H3. The van der Waals surface area contributed by atoms with Gasteiger partial charge in [-0.05, 0) is 12.1 Å². The molecule has 0 radical (unpaired) electrons. The van der Waals surface area contributed by atoms with Crippen molar-refractivity contribution in [2.24, 2.45) is 0 Å². The first-order chi connectivity index (χ1) is 6.52. The van der Waals surface area contributed by atoms with Gasteiger partial charge in [-0.1, -0.05) is 12.1 Å². The van der Waals surface area contributed by atoms with E-state index in [9.17, 15) is 13.2 Å². The molecule has 0 saturated carbocycles. The summed E-state index contributed by atoms with van der Waals surface area (Å²) in [5.41, 5.74) is 0.265. The molecular formula is C9H9NO3S. The lowest BCUT2D eigenvalue weighted by atomic mass is 10.2. The minimum Gasteiger partial charge on any atom is -0.327 e. The number of rotatable bonds is 0. The molecule has 1 aromatic carbocycles. The molecule has 0 N–H and O–H groups in total. The Morgan fingerprint density at radius 3 is 2.64 bits per heavy atom. The van der Waals surface area contributed by atoms with Crippen molar-refractivity contribution in [2.75, 3.05) is 12.9 Å². The molecule has 0 atom stereocenters. The summed E-state index contributed by atoms with van der Waals surface area (Å²) >= 11 is 0. The highest BCUT2D eigenvalue weighted by Gasteiger charge is 2.31. The molecule has 1 aliphatic rings. The third-order valence-electron chi connectivity index (χ3n) is 2.16. The van der Waals surface area contributed by atoms with Gasteiger partial charge >= 0.3 is 0 Å². The summed E-state index contributed by atoms with van der Waals surface area (Å²) in [5, 5.41) is 0. The molecule has 0 spiro atoms. The van der Waals surface area contributed by atoms with Gasteiger partial charge in [-0.15, -0.1) is 0 Å². The fourth-order valence-electron chi connectivity index (χ4n) is 1.50. The van der Waals surface area contributed by atoms with E-state index in [1.807, 2.05) is 0 Å². The van der Waals surface area contributed by atoms with Gasteiger partial charge in [0.05, 0.1) is 10.5 Å². The molecule has 4 nitrogen and oxygen atoms in total.